The van der Waals surface area contributed by atoms with Crippen molar-refractivity contribution in [3.05, 3.63) is 12.4 Å². The second-order valence-corrected chi connectivity index (χ2v) is 2.09. The van der Waals surface area contributed by atoms with Crippen molar-refractivity contribution in [1.29, 1.82) is 5.41 Å². The third-order valence-corrected chi connectivity index (χ3v) is 1.06. The summed E-state index contributed by atoms with van der Waals surface area (Å²) in [5, 5.41) is 9.68. The van der Waals surface area contributed by atoms with E-state index in [1.807, 2.05) is 0 Å². The first-order valence-electron chi connectivity index (χ1n) is 4.01. The van der Waals surface area contributed by atoms with Crippen molar-refractivity contribution in [2.45, 2.75) is 0 Å². The van der Waals surface area contributed by atoms with Crippen LogP contribution >= 0.6 is 0 Å². The second kappa shape index (κ2) is 10.7. The van der Waals surface area contributed by atoms with Crippen LogP contribution in [0, 0.1) is 5.41 Å². The van der Waals surface area contributed by atoms with E-state index in [2.05, 4.69) is 15.3 Å². The molecular formula is C8H15N5. The summed E-state index contributed by atoms with van der Waals surface area (Å²) in [6.45, 7) is 2.13. The van der Waals surface area contributed by atoms with E-state index in [9.17, 15) is 0 Å². The zero-order valence-corrected chi connectivity index (χ0v) is 7.48. The van der Waals surface area contributed by atoms with Crippen LogP contribution < -0.4 is 11.1 Å². The number of hydrogen-bond acceptors (Lipinski definition) is 5. The highest BCUT2D eigenvalue weighted by Crippen LogP contribution is 1.73. The standard InChI is InChI=1S/C8H15N5/c9-1-3-11-5-7-13-8-6-12-4-2-10/h1,3,5,7-9,12H,2,4,6,10H2. The van der Waals surface area contributed by atoms with Gasteiger partial charge < -0.3 is 16.5 Å². The maximum atomic E-state index is 6.63. The molecule has 0 aromatic carbocycles. The predicted octanol–water partition coefficient (Wildman–Crippen LogP) is -0.203. The first-order chi connectivity index (χ1) is 6.41. The van der Waals surface area contributed by atoms with E-state index in [4.69, 9.17) is 11.1 Å². The number of nitrogens with zero attached hydrogens (tertiary/aromatic N) is 2. The molecule has 0 saturated carbocycles. The Bertz CT molecular complexity index is 195. The van der Waals surface area contributed by atoms with E-state index in [1.54, 1.807) is 12.4 Å². The monoisotopic (exact) mass is 181 g/mol. The Morgan fingerprint density at radius 1 is 1.31 bits per heavy atom. The molecule has 0 bridgehead atoms. The number of nitrogens with two attached hydrogens (primary N) is 1. The SMILES string of the molecule is N=CC=NC=CN=CCNCCN. The lowest BCUT2D eigenvalue weighted by atomic mass is 10.6. The van der Waals surface area contributed by atoms with Crippen LogP contribution in [0.3, 0.4) is 0 Å². The van der Waals surface area contributed by atoms with Crippen molar-refractivity contribution in [3.8, 4) is 0 Å². The van der Waals surface area contributed by atoms with Gasteiger partial charge in [-0.1, -0.05) is 0 Å². The largest absolute Gasteiger partial charge is 0.329 e. The first-order valence-corrected chi connectivity index (χ1v) is 4.01. The molecule has 0 aliphatic carbocycles. The van der Waals surface area contributed by atoms with Crippen molar-refractivity contribution >= 4 is 18.6 Å². The Hall–Kier alpha value is -1.33. The summed E-state index contributed by atoms with van der Waals surface area (Å²) in [6, 6.07) is 0. The van der Waals surface area contributed by atoms with Gasteiger partial charge in [0.1, 0.15) is 0 Å². The molecule has 0 aliphatic heterocycles. The van der Waals surface area contributed by atoms with Gasteiger partial charge in [-0.25, -0.2) is 0 Å². The Morgan fingerprint density at radius 3 is 2.77 bits per heavy atom. The van der Waals surface area contributed by atoms with Gasteiger partial charge in [0.25, 0.3) is 0 Å². The van der Waals surface area contributed by atoms with Crippen molar-refractivity contribution in [2.24, 2.45) is 15.7 Å². The molecule has 0 aromatic heterocycles. The van der Waals surface area contributed by atoms with Crippen molar-refractivity contribution in [3.63, 3.8) is 0 Å². The summed E-state index contributed by atoms with van der Waals surface area (Å²) in [7, 11) is 0. The molecule has 0 amide bonds. The Labute approximate surface area is 78.0 Å². The van der Waals surface area contributed by atoms with Gasteiger partial charge in [0.15, 0.2) is 0 Å². The minimum atomic E-state index is 0.632. The summed E-state index contributed by atoms with van der Waals surface area (Å²) in [5.74, 6) is 0. The van der Waals surface area contributed by atoms with Crippen LogP contribution in [0.15, 0.2) is 22.4 Å². The van der Waals surface area contributed by atoms with E-state index in [1.165, 1.54) is 12.4 Å². The van der Waals surface area contributed by atoms with Crippen LogP contribution in [0.25, 0.3) is 0 Å². The van der Waals surface area contributed by atoms with Crippen LogP contribution in [0.1, 0.15) is 0 Å². The van der Waals surface area contributed by atoms with E-state index in [0.717, 1.165) is 12.8 Å². The van der Waals surface area contributed by atoms with Crippen molar-refractivity contribution in [1.82, 2.24) is 5.32 Å². The summed E-state index contributed by atoms with van der Waals surface area (Å²) in [5.41, 5.74) is 5.26. The summed E-state index contributed by atoms with van der Waals surface area (Å²) in [6.07, 6.45) is 7.29. The van der Waals surface area contributed by atoms with Crippen LogP contribution in [-0.2, 0) is 0 Å². The first kappa shape index (κ1) is 11.7. The lowest BCUT2D eigenvalue weighted by Gasteiger charge is -1.93. The zero-order valence-electron chi connectivity index (χ0n) is 7.48. The molecule has 0 heterocycles. The third-order valence-electron chi connectivity index (χ3n) is 1.06. The zero-order chi connectivity index (χ0) is 9.78. The molecule has 72 valence electrons. The van der Waals surface area contributed by atoms with Crippen LogP contribution in [0.4, 0.5) is 0 Å². The second-order valence-electron chi connectivity index (χ2n) is 2.09. The maximum Gasteiger partial charge on any atom is 0.0451 e. The molecule has 13 heavy (non-hydrogen) atoms. The fourth-order valence-electron chi connectivity index (χ4n) is 0.552. The van der Waals surface area contributed by atoms with Crippen molar-refractivity contribution < 1.29 is 0 Å². The van der Waals surface area contributed by atoms with Gasteiger partial charge in [0.2, 0.25) is 0 Å². The Kier molecular flexibility index (Phi) is 9.58. The highest BCUT2D eigenvalue weighted by molar-refractivity contribution is 6.14. The van der Waals surface area contributed by atoms with Crippen LogP contribution in [0.5, 0.6) is 0 Å². The van der Waals surface area contributed by atoms with E-state index in [-0.39, 0.29) is 0 Å². The Morgan fingerprint density at radius 2 is 2.08 bits per heavy atom. The minimum absolute atomic E-state index is 0.632. The average Bonchev–Trinajstić information content (AvgIpc) is 2.16. The summed E-state index contributed by atoms with van der Waals surface area (Å²) >= 11 is 0. The molecule has 0 fully saturated rings. The smallest absolute Gasteiger partial charge is 0.0451 e. The number of hydrogen-bond donors (Lipinski definition) is 3. The lowest BCUT2D eigenvalue weighted by molar-refractivity contribution is 0.772. The van der Waals surface area contributed by atoms with Crippen molar-refractivity contribution in [2.75, 3.05) is 19.6 Å². The molecule has 0 atom stereocenters. The van der Waals surface area contributed by atoms with Gasteiger partial charge in [-0.15, -0.1) is 0 Å². The predicted molar refractivity (Wildman–Crippen MR) is 56.8 cm³/mol. The number of nitrogens with one attached hydrogen (secondary N) is 2. The molecule has 4 N–H and O–H groups in total. The normalized spacial score (nSPS) is 12.1. The highest BCUT2D eigenvalue weighted by Gasteiger charge is 1.76. The van der Waals surface area contributed by atoms with E-state index in [0.29, 0.717) is 13.1 Å². The molecule has 0 aromatic rings. The number of aliphatic imine (C=N–C) groups is 2. The molecule has 0 spiro atoms. The van der Waals surface area contributed by atoms with Gasteiger partial charge in [0.05, 0.1) is 0 Å². The van der Waals surface area contributed by atoms with Gasteiger partial charge in [-0.05, 0) is 0 Å². The lowest BCUT2D eigenvalue weighted by Crippen LogP contribution is -2.23. The molecular weight excluding hydrogens is 166 g/mol. The summed E-state index contributed by atoms with van der Waals surface area (Å²) in [4.78, 5) is 7.64. The van der Waals surface area contributed by atoms with Gasteiger partial charge in [-0.2, -0.15) is 0 Å². The fraction of sp³-hybridized carbons (Fsp3) is 0.375. The molecule has 0 aliphatic rings. The minimum Gasteiger partial charge on any atom is -0.329 e. The van der Waals surface area contributed by atoms with Gasteiger partial charge in [0, 0.05) is 50.7 Å². The Balaban J connectivity index is 3.34. The molecule has 0 saturated heterocycles. The number of rotatable bonds is 7. The topological polar surface area (TPSA) is 86.6 Å². The summed E-state index contributed by atoms with van der Waals surface area (Å²) < 4.78 is 0. The maximum absolute atomic E-state index is 6.63. The highest BCUT2D eigenvalue weighted by atomic mass is 14.9. The third kappa shape index (κ3) is 10.7. The fourth-order valence-corrected chi connectivity index (χ4v) is 0.552. The molecule has 0 rings (SSSR count). The van der Waals surface area contributed by atoms with Crippen LogP contribution in [-0.4, -0.2) is 38.3 Å². The molecule has 0 radical (unpaired) electrons. The molecule has 0 unspecified atom stereocenters. The van der Waals surface area contributed by atoms with Gasteiger partial charge in [-0.3, -0.25) is 9.98 Å². The molecule has 5 heteroatoms. The van der Waals surface area contributed by atoms with Crippen LogP contribution in [0.2, 0.25) is 0 Å². The average molecular weight is 181 g/mol. The van der Waals surface area contributed by atoms with Gasteiger partial charge >= 0.3 is 0 Å². The van der Waals surface area contributed by atoms with E-state index >= 15 is 0 Å². The van der Waals surface area contributed by atoms with E-state index < -0.39 is 0 Å². The quantitative estimate of drug-likeness (QED) is 0.375. The molecule has 5 nitrogen and oxygen atoms in total.